The lowest BCUT2D eigenvalue weighted by molar-refractivity contribution is 0.285. The summed E-state index contributed by atoms with van der Waals surface area (Å²) >= 11 is 6.02. The van der Waals surface area contributed by atoms with Gasteiger partial charge in [-0.2, -0.15) is 4.31 Å². The van der Waals surface area contributed by atoms with E-state index in [0.717, 1.165) is 0 Å². The van der Waals surface area contributed by atoms with Crippen molar-refractivity contribution in [1.82, 2.24) is 14.5 Å². The monoisotopic (exact) mass is 451 g/mol. The Kier molecular flexibility index (Phi) is 5.77. The molecular formula is C20H19ClFN3O4S. The molecule has 0 bridgehead atoms. The Hall–Kier alpha value is -2.49. The molecule has 30 heavy (non-hydrogen) atoms. The number of ether oxygens (including phenoxy) is 1. The molecule has 2 aromatic carbocycles. The lowest BCUT2D eigenvalue weighted by atomic mass is 10.00. The molecule has 0 N–H and O–H groups in total. The van der Waals surface area contributed by atoms with Crippen LogP contribution in [0.5, 0.6) is 5.75 Å². The van der Waals surface area contributed by atoms with Gasteiger partial charge in [0.05, 0.1) is 13.0 Å². The fourth-order valence-corrected chi connectivity index (χ4v) is 5.40. The Labute approximate surface area is 178 Å². The lowest BCUT2D eigenvalue weighted by Crippen LogP contribution is -2.39. The number of aromatic nitrogens is 2. The molecule has 1 aliphatic rings. The van der Waals surface area contributed by atoms with Gasteiger partial charge in [-0.3, -0.25) is 0 Å². The van der Waals surface area contributed by atoms with Crippen molar-refractivity contribution in [3.63, 3.8) is 0 Å². The summed E-state index contributed by atoms with van der Waals surface area (Å²) in [6, 6.07) is 10.2. The zero-order valence-corrected chi connectivity index (χ0v) is 17.7. The third-order valence-electron chi connectivity index (χ3n) is 5.01. The molecule has 0 amide bonds. The molecule has 0 saturated carbocycles. The number of hydrogen-bond donors (Lipinski definition) is 0. The third kappa shape index (κ3) is 4.05. The summed E-state index contributed by atoms with van der Waals surface area (Å²) in [5.41, 5.74) is 0.596. The van der Waals surface area contributed by atoms with E-state index in [2.05, 4.69) is 10.2 Å². The predicted molar refractivity (Wildman–Crippen MR) is 108 cm³/mol. The van der Waals surface area contributed by atoms with E-state index < -0.39 is 10.0 Å². The highest BCUT2D eigenvalue weighted by atomic mass is 35.5. The minimum Gasteiger partial charge on any atom is -0.495 e. The van der Waals surface area contributed by atoms with Crippen LogP contribution in [0.2, 0.25) is 5.02 Å². The number of methoxy groups -OCH3 is 1. The van der Waals surface area contributed by atoms with Gasteiger partial charge >= 0.3 is 0 Å². The maximum atomic E-state index is 13.2. The van der Waals surface area contributed by atoms with E-state index in [9.17, 15) is 12.8 Å². The first-order chi connectivity index (χ1) is 14.4. The first-order valence-electron chi connectivity index (χ1n) is 9.31. The van der Waals surface area contributed by atoms with Crippen LogP contribution in [0.1, 0.15) is 24.7 Å². The highest BCUT2D eigenvalue weighted by Crippen LogP contribution is 2.34. The average Bonchev–Trinajstić information content (AvgIpc) is 3.24. The zero-order valence-electron chi connectivity index (χ0n) is 16.1. The summed E-state index contributed by atoms with van der Waals surface area (Å²) in [6.45, 7) is 0.566. The van der Waals surface area contributed by atoms with Gasteiger partial charge in [-0.05, 0) is 55.3 Å². The number of nitrogens with zero attached hydrogens (tertiary/aromatic N) is 3. The molecule has 1 atom stereocenters. The molecule has 1 aromatic heterocycles. The highest BCUT2D eigenvalue weighted by molar-refractivity contribution is 7.89. The molecule has 0 aliphatic carbocycles. The van der Waals surface area contributed by atoms with Crippen LogP contribution in [0.4, 0.5) is 4.39 Å². The third-order valence-corrected chi connectivity index (χ3v) is 7.13. The van der Waals surface area contributed by atoms with Crippen molar-refractivity contribution in [2.24, 2.45) is 0 Å². The van der Waals surface area contributed by atoms with Crippen LogP contribution in [0.3, 0.4) is 0 Å². The summed E-state index contributed by atoms with van der Waals surface area (Å²) in [4.78, 5) is 0.0238. The SMILES string of the molecule is COc1ccc(Cl)cc1S(=O)(=O)N1CCCC(c2nnc(-c3ccc(F)cc3)o2)C1. The average molecular weight is 452 g/mol. The first kappa shape index (κ1) is 20.8. The van der Waals surface area contributed by atoms with Gasteiger partial charge in [-0.25, -0.2) is 12.8 Å². The Balaban J connectivity index is 1.58. The largest absolute Gasteiger partial charge is 0.495 e. The minimum atomic E-state index is -3.83. The quantitative estimate of drug-likeness (QED) is 0.580. The molecule has 3 aromatic rings. The Bertz CT molecular complexity index is 1150. The number of sulfonamides is 1. The normalized spacial score (nSPS) is 17.8. The van der Waals surface area contributed by atoms with Gasteiger partial charge in [0, 0.05) is 23.7 Å². The van der Waals surface area contributed by atoms with Gasteiger partial charge < -0.3 is 9.15 Å². The van der Waals surface area contributed by atoms with Gasteiger partial charge in [0.2, 0.25) is 21.8 Å². The van der Waals surface area contributed by atoms with Crippen LogP contribution in [0.15, 0.2) is 51.8 Å². The van der Waals surface area contributed by atoms with Gasteiger partial charge in [0.15, 0.2) is 0 Å². The van der Waals surface area contributed by atoms with Gasteiger partial charge in [-0.15, -0.1) is 10.2 Å². The highest BCUT2D eigenvalue weighted by Gasteiger charge is 2.35. The van der Waals surface area contributed by atoms with E-state index in [1.807, 2.05) is 0 Å². The first-order valence-corrected chi connectivity index (χ1v) is 11.1. The number of rotatable bonds is 5. The predicted octanol–water partition coefficient (Wildman–Crippen LogP) is 4.11. The van der Waals surface area contributed by atoms with Crippen molar-refractivity contribution >= 4 is 21.6 Å². The number of benzene rings is 2. The van der Waals surface area contributed by atoms with E-state index >= 15 is 0 Å². The standard InChI is InChI=1S/C20H19ClFN3O4S/c1-28-17-9-6-15(21)11-18(17)30(26,27)25-10-2-3-14(12-25)20-24-23-19(29-20)13-4-7-16(22)8-5-13/h4-9,11,14H,2-3,10,12H2,1H3. The van der Waals surface area contributed by atoms with E-state index in [0.29, 0.717) is 35.9 Å². The summed E-state index contributed by atoms with van der Waals surface area (Å²) in [5.74, 6) is 0.246. The molecule has 2 heterocycles. The molecule has 1 unspecified atom stereocenters. The van der Waals surface area contributed by atoms with Crippen LogP contribution in [0, 0.1) is 5.82 Å². The summed E-state index contributed by atoms with van der Waals surface area (Å²) < 4.78 is 52.0. The van der Waals surface area contributed by atoms with E-state index in [1.54, 1.807) is 18.2 Å². The second-order valence-electron chi connectivity index (χ2n) is 6.95. The molecule has 4 rings (SSSR count). The molecule has 7 nitrogen and oxygen atoms in total. The Morgan fingerprint density at radius 1 is 1.20 bits per heavy atom. The van der Waals surface area contributed by atoms with Crippen LogP contribution in [-0.4, -0.2) is 43.1 Å². The molecule has 1 aliphatic heterocycles. The zero-order chi connectivity index (χ0) is 21.3. The van der Waals surface area contributed by atoms with Crippen molar-refractivity contribution < 1.29 is 22.0 Å². The van der Waals surface area contributed by atoms with Crippen molar-refractivity contribution in [1.29, 1.82) is 0 Å². The second kappa shape index (κ2) is 8.33. The summed E-state index contributed by atoms with van der Waals surface area (Å²) in [5, 5.41) is 8.44. The van der Waals surface area contributed by atoms with Crippen molar-refractivity contribution in [3.8, 4) is 17.2 Å². The maximum Gasteiger partial charge on any atom is 0.247 e. The fraction of sp³-hybridized carbons (Fsp3) is 0.300. The molecule has 0 radical (unpaired) electrons. The fourth-order valence-electron chi connectivity index (χ4n) is 3.46. The van der Waals surface area contributed by atoms with Gasteiger partial charge in [0.1, 0.15) is 16.5 Å². The lowest BCUT2D eigenvalue weighted by Gasteiger charge is -2.30. The summed E-state index contributed by atoms with van der Waals surface area (Å²) in [6.07, 6.45) is 1.35. The molecule has 158 valence electrons. The molecule has 1 saturated heterocycles. The maximum absolute atomic E-state index is 13.2. The molecular weight excluding hydrogens is 433 g/mol. The molecule has 1 fully saturated rings. The number of piperidine rings is 1. The van der Waals surface area contributed by atoms with Crippen LogP contribution in [-0.2, 0) is 10.0 Å². The van der Waals surface area contributed by atoms with Crippen LogP contribution < -0.4 is 4.74 Å². The Morgan fingerprint density at radius 3 is 2.70 bits per heavy atom. The van der Waals surface area contributed by atoms with Gasteiger partial charge in [-0.1, -0.05) is 11.6 Å². The molecule has 0 spiro atoms. The number of halogens is 2. The Morgan fingerprint density at radius 2 is 1.97 bits per heavy atom. The van der Waals surface area contributed by atoms with E-state index in [1.165, 1.54) is 35.7 Å². The minimum absolute atomic E-state index is 0.0238. The second-order valence-corrected chi connectivity index (χ2v) is 9.29. The van der Waals surface area contributed by atoms with Gasteiger partial charge in [0.25, 0.3) is 0 Å². The van der Waals surface area contributed by atoms with Crippen molar-refractivity contribution in [3.05, 3.63) is 59.2 Å². The van der Waals surface area contributed by atoms with Crippen LogP contribution in [0.25, 0.3) is 11.5 Å². The topological polar surface area (TPSA) is 85.5 Å². The van der Waals surface area contributed by atoms with Crippen molar-refractivity contribution in [2.45, 2.75) is 23.7 Å². The van der Waals surface area contributed by atoms with Crippen LogP contribution >= 0.6 is 11.6 Å². The summed E-state index contributed by atoms with van der Waals surface area (Å²) in [7, 11) is -2.41. The van der Waals surface area contributed by atoms with E-state index in [-0.39, 0.29) is 34.8 Å². The number of hydrogen-bond acceptors (Lipinski definition) is 6. The van der Waals surface area contributed by atoms with E-state index in [4.69, 9.17) is 20.8 Å². The smallest absolute Gasteiger partial charge is 0.247 e. The van der Waals surface area contributed by atoms with Crippen molar-refractivity contribution in [2.75, 3.05) is 20.2 Å². The molecule has 10 heteroatoms.